The van der Waals surface area contributed by atoms with E-state index in [1.165, 1.54) is 6.20 Å². The maximum atomic E-state index is 11.6. The molecule has 0 bridgehead atoms. The molecular formula is C8H14ClN3O2S. The molecular weight excluding hydrogens is 238 g/mol. The number of aryl methyl sites for hydroxylation is 1. The zero-order valence-corrected chi connectivity index (χ0v) is 10.2. The number of nitrogens with zero attached hydrogens (tertiary/aromatic N) is 1. The molecule has 0 radical (unpaired) electrons. The fraction of sp³-hybridized carbons (Fsp3) is 0.625. The average molecular weight is 252 g/mol. The van der Waals surface area contributed by atoms with Gasteiger partial charge in [-0.15, -0.1) is 11.6 Å². The third-order valence-corrected chi connectivity index (χ3v) is 3.71. The quantitative estimate of drug-likeness (QED) is 0.763. The highest BCUT2D eigenvalue weighted by molar-refractivity contribution is 7.89. The van der Waals surface area contributed by atoms with E-state index in [1.54, 1.807) is 6.92 Å². The van der Waals surface area contributed by atoms with E-state index in [0.29, 0.717) is 18.2 Å². The standard InChI is InChI=1S/C8H14ClN3O2S/c1-6(3-9)4-11-15(13,14)8-5-10-7(2)12-8/h5-6,11H,3-4H2,1-2H3,(H,10,12). The Kier molecular flexibility index (Phi) is 4.12. The van der Waals surface area contributed by atoms with Gasteiger partial charge in [0, 0.05) is 12.4 Å². The predicted octanol–water partition coefficient (Wildman–Crippen LogP) is 0.871. The first-order valence-electron chi connectivity index (χ1n) is 4.53. The number of hydrogen-bond donors (Lipinski definition) is 2. The average Bonchev–Trinajstić information content (AvgIpc) is 2.62. The smallest absolute Gasteiger partial charge is 0.257 e. The molecule has 1 aromatic rings. The first-order valence-corrected chi connectivity index (χ1v) is 6.54. The summed E-state index contributed by atoms with van der Waals surface area (Å²) < 4.78 is 25.7. The van der Waals surface area contributed by atoms with E-state index in [4.69, 9.17) is 11.6 Å². The molecule has 0 spiro atoms. The second kappa shape index (κ2) is 4.96. The van der Waals surface area contributed by atoms with E-state index >= 15 is 0 Å². The van der Waals surface area contributed by atoms with Crippen LogP contribution in [0.2, 0.25) is 0 Å². The van der Waals surface area contributed by atoms with Crippen LogP contribution in [0.1, 0.15) is 12.7 Å². The minimum absolute atomic E-state index is 0.0850. The Morgan fingerprint density at radius 2 is 2.33 bits per heavy atom. The Hall–Kier alpha value is -0.590. The lowest BCUT2D eigenvalue weighted by Gasteiger charge is -2.08. The van der Waals surface area contributed by atoms with Crippen molar-refractivity contribution in [1.82, 2.24) is 14.7 Å². The molecule has 1 rings (SSSR count). The van der Waals surface area contributed by atoms with Gasteiger partial charge < -0.3 is 4.98 Å². The number of halogens is 1. The van der Waals surface area contributed by atoms with Crippen LogP contribution in [-0.4, -0.2) is 30.8 Å². The lowest BCUT2D eigenvalue weighted by molar-refractivity contribution is 0.559. The van der Waals surface area contributed by atoms with Crippen LogP contribution in [0.25, 0.3) is 0 Å². The Morgan fingerprint density at radius 1 is 1.67 bits per heavy atom. The Morgan fingerprint density at radius 3 is 2.80 bits per heavy atom. The summed E-state index contributed by atoms with van der Waals surface area (Å²) in [4.78, 5) is 6.49. The summed E-state index contributed by atoms with van der Waals surface area (Å²) in [7, 11) is -3.47. The second-order valence-electron chi connectivity index (χ2n) is 3.44. The summed E-state index contributed by atoms with van der Waals surface area (Å²) in [6.07, 6.45) is 1.29. The Labute approximate surface area is 94.3 Å². The van der Waals surface area contributed by atoms with Crippen molar-refractivity contribution in [2.24, 2.45) is 5.92 Å². The molecule has 1 atom stereocenters. The van der Waals surface area contributed by atoms with Gasteiger partial charge in [0.15, 0.2) is 5.03 Å². The highest BCUT2D eigenvalue weighted by Crippen LogP contribution is 2.05. The van der Waals surface area contributed by atoms with Gasteiger partial charge in [-0.1, -0.05) is 6.92 Å². The van der Waals surface area contributed by atoms with Gasteiger partial charge in [0.1, 0.15) is 5.82 Å². The Balaban J connectivity index is 2.68. The minimum Gasteiger partial charge on any atom is -0.332 e. The van der Waals surface area contributed by atoms with Crippen molar-refractivity contribution in [3.05, 3.63) is 12.0 Å². The van der Waals surface area contributed by atoms with Gasteiger partial charge in [0.25, 0.3) is 10.0 Å². The van der Waals surface area contributed by atoms with E-state index < -0.39 is 10.0 Å². The van der Waals surface area contributed by atoms with Gasteiger partial charge in [-0.3, -0.25) is 0 Å². The summed E-state index contributed by atoms with van der Waals surface area (Å²) in [6.45, 7) is 3.89. The maximum absolute atomic E-state index is 11.6. The van der Waals surface area contributed by atoms with Crippen LogP contribution in [0.15, 0.2) is 11.2 Å². The lowest BCUT2D eigenvalue weighted by atomic mass is 10.2. The number of aromatic nitrogens is 2. The molecule has 0 amide bonds. The van der Waals surface area contributed by atoms with Crippen LogP contribution in [0.4, 0.5) is 0 Å². The van der Waals surface area contributed by atoms with E-state index in [0.717, 1.165) is 0 Å². The van der Waals surface area contributed by atoms with E-state index in [9.17, 15) is 8.42 Å². The van der Waals surface area contributed by atoms with Crippen LogP contribution in [0.5, 0.6) is 0 Å². The molecule has 0 aliphatic heterocycles. The van der Waals surface area contributed by atoms with Gasteiger partial charge in [-0.2, -0.15) is 0 Å². The normalized spacial score (nSPS) is 14.1. The molecule has 7 heteroatoms. The summed E-state index contributed by atoms with van der Waals surface area (Å²) in [6, 6.07) is 0. The van der Waals surface area contributed by atoms with Crippen molar-refractivity contribution in [2.75, 3.05) is 12.4 Å². The zero-order chi connectivity index (χ0) is 11.5. The van der Waals surface area contributed by atoms with Gasteiger partial charge in [0.05, 0.1) is 6.20 Å². The fourth-order valence-corrected chi connectivity index (χ4v) is 2.16. The van der Waals surface area contributed by atoms with E-state index in [1.807, 2.05) is 6.92 Å². The number of alkyl halides is 1. The van der Waals surface area contributed by atoms with Crippen LogP contribution in [-0.2, 0) is 10.0 Å². The fourth-order valence-electron chi connectivity index (χ4n) is 0.919. The number of sulfonamides is 1. The van der Waals surface area contributed by atoms with Gasteiger partial charge in [0.2, 0.25) is 0 Å². The molecule has 5 nitrogen and oxygen atoms in total. The van der Waals surface area contributed by atoms with Crippen LogP contribution >= 0.6 is 11.6 Å². The predicted molar refractivity (Wildman–Crippen MR) is 58.4 cm³/mol. The van der Waals surface area contributed by atoms with Gasteiger partial charge in [-0.05, 0) is 12.8 Å². The molecule has 0 fully saturated rings. The van der Waals surface area contributed by atoms with Crippen LogP contribution in [0, 0.1) is 12.8 Å². The number of imidazole rings is 1. The molecule has 2 N–H and O–H groups in total. The molecule has 0 aliphatic rings. The van der Waals surface area contributed by atoms with Crippen molar-refractivity contribution >= 4 is 21.6 Å². The monoisotopic (exact) mass is 251 g/mol. The Bertz CT molecular complexity index is 415. The molecule has 0 aromatic carbocycles. The molecule has 0 aliphatic carbocycles. The summed E-state index contributed by atoms with van der Waals surface area (Å²) in [5.74, 6) is 1.09. The highest BCUT2D eigenvalue weighted by Gasteiger charge is 2.16. The van der Waals surface area contributed by atoms with Crippen molar-refractivity contribution in [3.63, 3.8) is 0 Å². The first kappa shape index (κ1) is 12.5. The largest absolute Gasteiger partial charge is 0.332 e. The molecule has 15 heavy (non-hydrogen) atoms. The van der Waals surface area contributed by atoms with Crippen LogP contribution < -0.4 is 4.72 Å². The molecule has 1 heterocycles. The third-order valence-electron chi connectivity index (χ3n) is 1.85. The molecule has 0 saturated carbocycles. The van der Waals surface area contributed by atoms with Crippen molar-refractivity contribution < 1.29 is 8.42 Å². The summed E-state index contributed by atoms with van der Waals surface area (Å²) in [5, 5.41) is 0.0850. The molecule has 0 saturated heterocycles. The van der Waals surface area contributed by atoms with Gasteiger partial charge >= 0.3 is 0 Å². The van der Waals surface area contributed by atoms with Crippen LogP contribution in [0.3, 0.4) is 0 Å². The summed E-state index contributed by atoms with van der Waals surface area (Å²) in [5.41, 5.74) is 0. The molecule has 1 aromatic heterocycles. The maximum Gasteiger partial charge on any atom is 0.257 e. The van der Waals surface area contributed by atoms with Crippen molar-refractivity contribution in [3.8, 4) is 0 Å². The van der Waals surface area contributed by atoms with E-state index in [-0.39, 0.29) is 10.9 Å². The number of aromatic amines is 1. The van der Waals surface area contributed by atoms with E-state index in [2.05, 4.69) is 14.7 Å². The topological polar surface area (TPSA) is 74.8 Å². The lowest BCUT2D eigenvalue weighted by Crippen LogP contribution is -2.29. The number of nitrogens with one attached hydrogen (secondary N) is 2. The minimum atomic E-state index is -3.47. The third kappa shape index (κ3) is 3.48. The molecule has 1 unspecified atom stereocenters. The van der Waals surface area contributed by atoms with Gasteiger partial charge in [-0.25, -0.2) is 18.1 Å². The number of rotatable bonds is 5. The molecule has 86 valence electrons. The first-order chi connectivity index (χ1) is 6.95. The zero-order valence-electron chi connectivity index (χ0n) is 8.62. The number of hydrogen-bond acceptors (Lipinski definition) is 3. The SMILES string of the molecule is Cc1ncc(S(=O)(=O)NCC(C)CCl)[nH]1. The summed E-state index contributed by atoms with van der Waals surface area (Å²) >= 11 is 5.58. The highest BCUT2D eigenvalue weighted by atomic mass is 35.5. The van der Waals surface area contributed by atoms with Crippen molar-refractivity contribution in [1.29, 1.82) is 0 Å². The second-order valence-corrected chi connectivity index (χ2v) is 5.49. The number of H-pyrrole nitrogens is 1. The van der Waals surface area contributed by atoms with Crippen molar-refractivity contribution in [2.45, 2.75) is 18.9 Å².